The minimum atomic E-state index is -0.0907. The predicted molar refractivity (Wildman–Crippen MR) is 106 cm³/mol. The van der Waals surface area contributed by atoms with Crippen LogP contribution in [-0.4, -0.2) is 5.78 Å². The lowest BCUT2D eigenvalue weighted by Crippen LogP contribution is -2.43. The van der Waals surface area contributed by atoms with Gasteiger partial charge in [-0.1, -0.05) is 68.8 Å². The van der Waals surface area contributed by atoms with Crippen molar-refractivity contribution in [2.75, 3.05) is 0 Å². The highest BCUT2D eigenvalue weighted by molar-refractivity contribution is 5.92. The van der Waals surface area contributed by atoms with E-state index in [4.69, 9.17) is 0 Å². The van der Waals surface area contributed by atoms with Gasteiger partial charge in [0.15, 0.2) is 0 Å². The SMILES string of the molecule is CC1CC=c2ccc3c(c2C1C(=O)C1(C)CCC1)CC=c1ccccc1=3. The Morgan fingerprint density at radius 2 is 1.81 bits per heavy atom. The molecule has 0 spiro atoms. The highest BCUT2D eigenvalue weighted by Gasteiger charge is 2.45. The van der Waals surface area contributed by atoms with Gasteiger partial charge in [-0.3, -0.25) is 4.79 Å². The summed E-state index contributed by atoms with van der Waals surface area (Å²) in [7, 11) is 0. The van der Waals surface area contributed by atoms with Crippen molar-refractivity contribution in [3.8, 4) is 0 Å². The number of fused-ring (bicyclic) bond motifs is 4. The summed E-state index contributed by atoms with van der Waals surface area (Å²) < 4.78 is 0. The monoisotopic (exact) mass is 342 g/mol. The first-order valence-electron chi connectivity index (χ1n) is 10.0. The standard InChI is InChI=1S/C25H26O/c1-16-8-9-18-11-12-20-19-7-4-3-6-17(19)10-13-21(20)23(18)22(16)24(26)25(2)14-5-15-25/h3-4,6-7,9-12,16,22H,5,8,13-15H2,1-2H3. The van der Waals surface area contributed by atoms with E-state index >= 15 is 0 Å². The van der Waals surface area contributed by atoms with E-state index in [1.54, 1.807) is 0 Å². The molecule has 0 heterocycles. The first kappa shape index (κ1) is 16.1. The van der Waals surface area contributed by atoms with Crippen LogP contribution in [0.2, 0.25) is 0 Å². The molecular formula is C25H26O. The van der Waals surface area contributed by atoms with Gasteiger partial charge >= 0.3 is 0 Å². The van der Waals surface area contributed by atoms with Crippen molar-refractivity contribution in [2.45, 2.75) is 51.9 Å². The topological polar surface area (TPSA) is 17.1 Å². The van der Waals surface area contributed by atoms with E-state index in [-0.39, 0.29) is 11.3 Å². The number of Topliss-reactive ketones (excluding diaryl/α,β-unsaturated/α-hetero) is 1. The molecule has 2 atom stereocenters. The number of hydrogen-bond acceptors (Lipinski definition) is 1. The summed E-state index contributed by atoms with van der Waals surface area (Å²) in [4.78, 5) is 13.6. The zero-order valence-electron chi connectivity index (χ0n) is 15.7. The Morgan fingerprint density at radius 3 is 2.58 bits per heavy atom. The number of rotatable bonds is 2. The van der Waals surface area contributed by atoms with Crippen molar-refractivity contribution in [2.24, 2.45) is 11.3 Å². The molecule has 0 aliphatic heterocycles. The molecule has 1 saturated carbocycles. The van der Waals surface area contributed by atoms with Crippen LogP contribution in [0.5, 0.6) is 0 Å². The van der Waals surface area contributed by atoms with Crippen LogP contribution in [0.15, 0.2) is 36.4 Å². The maximum absolute atomic E-state index is 13.6. The quantitative estimate of drug-likeness (QED) is 0.807. The molecule has 1 nitrogen and oxygen atoms in total. The molecule has 5 rings (SSSR count). The third-order valence-corrected chi connectivity index (χ3v) is 7.09. The van der Waals surface area contributed by atoms with Crippen LogP contribution in [0.4, 0.5) is 0 Å². The van der Waals surface area contributed by atoms with E-state index < -0.39 is 0 Å². The largest absolute Gasteiger partial charge is 0.298 e. The Balaban J connectivity index is 1.80. The fourth-order valence-corrected chi connectivity index (χ4v) is 5.28. The second kappa shape index (κ2) is 5.67. The van der Waals surface area contributed by atoms with Crippen LogP contribution in [-0.2, 0) is 11.2 Å². The van der Waals surface area contributed by atoms with Crippen LogP contribution in [0.3, 0.4) is 0 Å². The molecule has 1 fully saturated rings. The molecular weight excluding hydrogens is 316 g/mol. The summed E-state index contributed by atoms with van der Waals surface area (Å²) in [6, 6.07) is 13.2. The smallest absolute Gasteiger partial charge is 0.146 e. The van der Waals surface area contributed by atoms with E-state index in [0.717, 1.165) is 25.7 Å². The number of carbonyl (C=O) groups is 1. The first-order valence-corrected chi connectivity index (χ1v) is 10.0. The molecule has 0 radical (unpaired) electrons. The molecule has 0 N–H and O–H groups in total. The van der Waals surface area contributed by atoms with Crippen molar-refractivity contribution in [3.05, 3.63) is 68.4 Å². The molecule has 0 saturated heterocycles. The van der Waals surface area contributed by atoms with Gasteiger partial charge in [0.2, 0.25) is 0 Å². The summed E-state index contributed by atoms with van der Waals surface area (Å²) in [5.74, 6) is 0.961. The van der Waals surface area contributed by atoms with Crippen LogP contribution in [0.25, 0.3) is 12.2 Å². The molecule has 2 aromatic rings. The second-order valence-electron chi connectivity index (χ2n) is 8.76. The molecule has 2 unspecified atom stereocenters. The fourth-order valence-electron chi connectivity index (χ4n) is 5.28. The Morgan fingerprint density at radius 1 is 1.00 bits per heavy atom. The van der Waals surface area contributed by atoms with Gasteiger partial charge in [0.05, 0.1) is 0 Å². The molecule has 0 aromatic heterocycles. The Labute approximate surface area is 154 Å². The number of hydrogen-bond donors (Lipinski definition) is 0. The molecule has 132 valence electrons. The van der Waals surface area contributed by atoms with E-state index in [1.165, 1.54) is 38.4 Å². The van der Waals surface area contributed by atoms with Crippen molar-refractivity contribution in [3.63, 3.8) is 0 Å². The van der Waals surface area contributed by atoms with Gasteiger partial charge in [-0.2, -0.15) is 0 Å². The third-order valence-electron chi connectivity index (χ3n) is 7.09. The van der Waals surface area contributed by atoms with Crippen LogP contribution in [0.1, 0.15) is 56.6 Å². The van der Waals surface area contributed by atoms with Gasteiger partial charge < -0.3 is 0 Å². The van der Waals surface area contributed by atoms with E-state index in [0.29, 0.717) is 11.7 Å². The van der Waals surface area contributed by atoms with Gasteiger partial charge in [0.25, 0.3) is 0 Å². The van der Waals surface area contributed by atoms with E-state index in [2.05, 4.69) is 62.4 Å². The van der Waals surface area contributed by atoms with Gasteiger partial charge in [-0.25, -0.2) is 0 Å². The second-order valence-corrected chi connectivity index (χ2v) is 8.76. The molecule has 0 bridgehead atoms. The summed E-state index contributed by atoms with van der Waals surface area (Å²) in [6.07, 6.45) is 9.99. The molecule has 1 heteroatoms. The minimum Gasteiger partial charge on any atom is -0.298 e. The fraction of sp³-hybridized carbons (Fsp3) is 0.400. The number of ketones is 1. The normalized spacial score (nSPS) is 24.8. The van der Waals surface area contributed by atoms with Crippen molar-refractivity contribution < 1.29 is 4.79 Å². The van der Waals surface area contributed by atoms with Crippen molar-refractivity contribution >= 4 is 17.9 Å². The van der Waals surface area contributed by atoms with Crippen LogP contribution >= 0.6 is 0 Å². The Kier molecular flexibility index (Phi) is 3.50. The van der Waals surface area contributed by atoms with E-state index in [9.17, 15) is 4.79 Å². The van der Waals surface area contributed by atoms with Gasteiger partial charge in [0, 0.05) is 11.3 Å². The van der Waals surface area contributed by atoms with Crippen molar-refractivity contribution in [1.29, 1.82) is 0 Å². The maximum Gasteiger partial charge on any atom is 0.146 e. The summed E-state index contributed by atoms with van der Waals surface area (Å²) in [5, 5.41) is 5.27. The van der Waals surface area contributed by atoms with Crippen LogP contribution < -0.4 is 10.4 Å². The Hall–Kier alpha value is -2.15. The lowest BCUT2D eigenvalue weighted by molar-refractivity contribution is -0.135. The maximum atomic E-state index is 13.6. The van der Waals surface area contributed by atoms with Gasteiger partial charge in [-0.05, 0) is 63.6 Å². The lowest BCUT2D eigenvalue weighted by Gasteiger charge is -2.42. The molecule has 3 aliphatic rings. The zero-order valence-corrected chi connectivity index (χ0v) is 15.7. The summed E-state index contributed by atoms with van der Waals surface area (Å²) in [5.41, 5.74) is 2.64. The van der Waals surface area contributed by atoms with Crippen molar-refractivity contribution in [1.82, 2.24) is 0 Å². The molecule has 3 aliphatic carbocycles. The third kappa shape index (κ3) is 2.19. The number of benzene rings is 2. The van der Waals surface area contributed by atoms with Gasteiger partial charge in [-0.15, -0.1) is 0 Å². The zero-order chi connectivity index (χ0) is 17.9. The van der Waals surface area contributed by atoms with E-state index in [1.807, 2.05) is 0 Å². The lowest BCUT2D eigenvalue weighted by atomic mass is 9.60. The Bertz CT molecular complexity index is 1120. The molecule has 2 aromatic carbocycles. The summed E-state index contributed by atoms with van der Waals surface area (Å²) >= 11 is 0. The highest BCUT2D eigenvalue weighted by atomic mass is 16.1. The van der Waals surface area contributed by atoms with Gasteiger partial charge in [0.1, 0.15) is 5.78 Å². The predicted octanol–water partition coefficient (Wildman–Crippen LogP) is 3.97. The van der Waals surface area contributed by atoms with Crippen LogP contribution in [0, 0.1) is 21.8 Å². The highest BCUT2D eigenvalue weighted by Crippen LogP contribution is 2.47. The average molecular weight is 342 g/mol. The molecule has 0 amide bonds. The number of carbonyl (C=O) groups excluding carboxylic acids is 1. The minimum absolute atomic E-state index is 0.0638. The first-order chi connectivity index (χ1) is 12.6. The summed E-state index contributed by atoms with van der Waals surface area (Å²) in [6.45, 7) is 4.46. The molecule has 26 heavy (non-hydrogen) atoms. The average Bonchev–Trinajstić information content (AvgIpc) is 2.65.